The van der Waals surface area contributed by atoms with E-state index in [-0.39, 0.29) is 0 Å². The van der Waals surface area contributed by atoms with Crippen LogP contribution in [0.25, 0.3) is 0 Å². The zero-order chi connectivity index (χ0) is 12.5. The van der Waals surface area contributed by atoms with E-state index in [1.807, 2.05) is 4.98 Å². The van der Waals surface area contributed by atoms with Gasteiger partial charge in [-0.25, -0.2) is 8.78 Å². The van der Waals surface area contributed by atoms with Crippen LogP contribution in [0.5, 0.6) is 0 Å². The third-order valence-electron chi connectivity index (χ3n) is 1.93. The van der Waals surface area contributed by atoms with Crippen molar-refractivity contribution in [3.05, 3.63) is 33.2 Å². The fourth-order valence-electron chi connectivity index (χ4n) is 1.19. The third-order valence-corrected chi connectivity index (χ3v) is 1.93. The smallest absolute Gasteiger partial charge is 0.363 e. The molecule has 16 heavy (non-hydrogen) atoms. The Hall–Kier alpha value is -1.44. The van der Waals surface area contributed by atoms with E-state index in [1.165, 1.54) is 0 Å². The lowest BCUT2D eigenvalue weighted by Gasteiger charge is -2.10. The number of pyridine rings is 1. The summed E-state index contributed by atoms with van der Waals surface area (Å²) in [5, 5.41) is 0. The average Bonchev–Trinajstić information content (AvgIpc) is 2.14. The Balaban J connectivity index is 3.51. The summed E-state index contributed by atoms with van der Waals surface area (Å²) in [6, 6.07) is 0. The lowest BCUT2D eigenvalue weighted by Crippen LogP contribution is -2.26. The molecule has 90 valence electrons. The molecular weight excluding hydrogens is 235 g/mol. The van der Waals surface area contributed by atoms with E-state index in [2.05, 4.69) is 0 Å². The molecule has 0 saturated carbocycles. The van der Waals surface area contributed by atoms with E-state index in [4.69, 9.17) is 5.73 Å². The van der Waals surface area contributed by atoms with Crippen LogP contribution in [0, 0.1) is 0 Å². The minimum atomic E-state index is -4.97. The zero-order valence-electron chi connectivity index (χ0n) is 7.74. The van der Waals surface area contributed by atoms with E-state index >= 15 is 0 Å². The molecule has 0 fully saturated rings. The van der Waals surface area contributed by atoms with E-state index in [1.54, 1.807) is 0 Å². The molecule has 0 saturated heterocycles. The summed E-state index contributed by atoms with van der Waals surface area (Å²) < 4.78 is 61.5. The predicted octanol–water partition coefficient (Wildman–Crippen LogP) is 1.79. The second kappa shape index (κ2) is 4.20. The Morgan fingerprint density at radius 3 is 2.31 bits per heavy atom. The summed E-state index contributed by atoms with van der Waals surface area (Å²) in [5.41, 5.74) is 0.0243. The van der Waals surface area contributed by atoms with Crippen LogP contribution in [0.15, 0.2) is 11.0 Å². The molecule has 1 aromatic heterocycles. The lowest BCUT2D eigenvalue weighted by atomic mass is 10.1. The van der Waals surface area contributed by atoms with E-state index in [9.17, 15) is 26.7 Å². The number of alkyl halides is 5. The molecule has 8 heteroatoms. The van der Waals surface area contributed by atoms with Crippen molar-refractivity contribution in [2.45, 2.75) is 19.1 Å². The Labute approximate surface area is 86.1 Å². The van der Waals surface area contributed by atoms with Crippen molar-refractivity contribution in [2.24, 2.45) is 5.73 Å². The number of aromatic nitrogens is 1. The molecule has 0 aromatic carbocycles. The highest BCUT2D eigenvalue weighted by molar-refractivity contribution is 5.28. The Morgan fingerprint density at radius 1 is 1.38 bits per heavy atom. The molecular formula is C8H7F5N2O. The lowest BCUT2D eigenvalue weighted by molar-refractivity contribution is -0.138. The van der Waals surface area contributed by atoms with Crippen molar-refractivity contribution in [3.8, 4) is 0 Å². The summed E-state index contributed by atoms with van der Waals surface area (Å²) in [7, 11) is 0. The molecule has 0 radical (unpaired) electrons. The van der Waals surface area contributed by atoms with Gasteiger partial charge in [-0.2, -0.15) is 13.2 Å². The zero-order valence-corrected chi connectivity index (χ0v) is 7.74. The van der Waals surface area contributed by atoms with Crippen LogP contribution < -0.4 is 11.2 Å². The number of rotatable bonds is 2. The van der Waals surface area contributed by atoms with Gasteiger partial charge in [0.2, 0.25) is 5.43 Å². The largest absolute Gasteiger partial charge is 0.421 e. The van der Waals surface area contributed by atoms with Crippen LogP contribution in [0.2, 0.25) is 0 Å². The number of nitrogens with one attached hydrogen (secondary N) is 1. The van der Waals surface area contributed by atoms with Gasteiger partial charge in [0.05, 0.1) is 5.56 Å². The van der Waals surface area contributed by atoms with Gasteiger partial charge in [-0.05, 0) is 0 Å². The molecule has 3 N–H and O–H groups in total. The van der Waals surface area contributed by atoms with E-state index in [0.717, 1.165) is 0 Å². The normalized spacial score (nSPS) is 12.2. The highest BCUT2D eigenvalue weighted by Crippen LogP contribution is 2.28. The average molecular weight is 242 g/mol. The van der Waals surface area contributed by atoms with Gasteiger partial charge in [0, 0.05) is 18.4 Å². The van der Waals surface area contributed by atoms with Gasteiger partial charge in [0.1, 0.15) is 5.56 Å². The number of H-pyrrole nitrogens is 1. The van der Waals surface area contributed by atoms with E-state index < -0.39 is 41.4 Å². The molecule has 0 amide bonds. The standard InChI is InChI=1S/C8H7F5N2O/c9-7(10)5-4(1-14)15-2-3(6(5)16)8(11,12)13/h2,7H,1,14H2,(H,15,16). The topological polar surface area (TPSA) is 58.9 Å². The summed E-state index contributed by atoms with van der Waals surface area (Å²) in [4.78, 5) is 13.1. The van der Waals surface area contributed by atoms with Crippen LogP contribution in [0.4, 0.5) is 22.0 Å². The van der Waals surface area contributed by atoms with Gasteiger partial charge in [0.15, 0.2) is 0 Å². The Kier molecular flexibility index (Phi) is 3.32. The maximum atomic E-state index is 12.4. The highest BCUT2D eigenvalue weighted by atomic mass is 19.4. The minimum absolute atomic E-state index is 0.344. The van der Waals surface area contributed by atoms with Crippen LogP contribution in [-0.2, 0) is 12.7 Å². The summed E-state index contributed by atoms with van der Waals surface area (Å²) in [6.07, 6.45) is -7.93. The molecule has 1 heterocycles. The Morgan fingerprint density at radius 2 is 1.94 bits per heavy atom. The first-order chi connectivity index (χ1) is 7.29. The summed E-state index contributed by atoms with van der Waals surface area (Å²) >= 11 is 0. The second-order valence-corrected chi connectivity index (χ2v) is 2.93. The molecule has 0 aliphatic heterocycles. The molecule has 0 aliphatic rings. The minimum Gasteiger partial charge on any atom is -0.363 e. The van der Waals surface area contributed by atoms with Gasteiger partial charge in [-0.15, -0.1) is 0 Å². The van der Waals surface area contributed by atoms with Gasteiger partial charge >= 0.3 is 6.18 Å². The molecule has 1 rings (SSSR count). The second-order valence-electron chi connectivity index (χ2n) is 2.93. The first-order valence-corrected chi connectivity index (χ1v) is 4.09. The summed E-state index contributed by atoms with van der Waals surface area (Å²) in [5.74, 6) is 0. The maximum absolute atomic E-state index is 12.4. The van der Waals surface area contributed by atoms with Crippen LogP contribution >= 0.6 is 0 Å². The fraction of sp³-hybridized carbons (Fsp3) is 0.375. The fourth-order valence-corrected chi connectivity index (χ4v) is 1.19. The van der Waals surface area contributed by atoms with Crippen molar-refractivity contribution >= 4 is 0 Å². The Bertz CT molecular complexity index is 437. The van der Waals surface area contributed by atoms with Crippen LogP contribution in [0.1, 0.15) is 23.2 Å². The van der Waals surface area contributed by atoms with Gasteiger partial charge < -0.3 is 10.7 Å². The number of halogens is 5. The first-order valence-electron chi connectivity index (χ1n) is 4.09. The monoisotopic (exact) mass is 242 g/mol. The molecule has 3 nitrogen and oxygen atoms in total. The third kappa shape index (κ3) is 2.21. The van der Waals surface area contributed by atoms with Crippen molar-refractivity contribution < 1.29 is 22.0 Å². The SMILES string of the molecule is NCc1[nH]cc(C(F)(F)F)c(=O)c1C(F)F. The first kappa shape index (κ1) is 12.6. The van der Waals surface area contributed by atoms with Crippen molar-refractivity contribution in [1.29, 1.82) is 0 Å². The number of aromatic amines is 1. The van der Waals surface area contributed by atoms with Gasteiger partial charge in [-0.1, -0.05) is 0 Å². The van der Waals surface area contributed by atoms with Gasteiger partial charge in [0.25, 0.3) is 6.43 Å². The molecule has 0 spiro atoms. The van der Waals surface area contributed by atoms with Crippen molar-refractivity contribution in [3.63, 3.8) is 0 Å². The molecule has 0 aliphatic carbocycles. The number of nitrogens with two attached hydrogens (primary N) is 1. The van der Waals surface area contributed by atoms with Gasteiger partial charge in [-0.3, -0.25) is 4.79 Å². The molecule has 0 atom stereocenters. The highest BCUT2D eigenvalue weighted by Gasteiger charge is 2.36. The maximum Gasteiger partial charge on any atom is 0.421 e. The van der Waals surface area contributed by atoms with Crippen molar-refractivity contribution in [1.82, 2.24) is 4.98 Å². The van der Waals surface area contributed by atoms with E-state index in [0.29, 0.717) is 6.20 Å². The van der Waals surface area contributed by atoms with Crippen LogP contribution in [-0.4, -0.2) is 4.98 Å². The number of hydrogen-bond acceptors (Lipinski definition) is 2. The quantitative estimate of drug-likeness (QED) is 0.777. The van der Waals surface area contributed by atoms with Crippen molar-refractivity contribution in [2.75, 3.05) is 0 Å². The molecule has 0 bridgehead atoms. The number of hydrogen-bond donors (Lipinski definition) is 2. The summed E-state index contributed by atoms with van der Waals surface area (Å²) in [6.45, 7) is -0.465. The van der Waals surface area contributed by atoms with Crippen LogP contribution in [0.3, 0.4) is 0 Å². The predicted molar refractivity (Wildman–Crippen MR) is 44.9 cm³/mol. The molecule has 1 aromatic rings. The molecule has 0 unspecified atom stereocenters.